The van der Waals surface area contributed by atoms with Crippen molar-refractivity contribution in [1.82, 2.24) is 0 Å². The number of carbonyl (C=O) groups is 1. The normalized spacial score (nSPS) is 16.4. The van der Waals surface area contributed by atoms with Crippen molar-refractivity contribution >= 4 is 40.3 Å². The zero-order chi connectivity index (χ0) is 21.8. The molecule has 5 heteroatoms. The van der Waals surface area contributed by atoms with Crippen molar-refractivity contribution in [2.45, 2.75) is 20.8 Å². The predicted octanol–water partition coefficient (Wildman–Crippen LogP) is 6.51. The van der Waals surface area contributed by atoms with E-state index in [1.165, 1.54) is 11.8 Å². The Bertz CT molecular complexity index is 1170. The third-order valence-corrected chi connectivity index (χ3v) is 5.95. The summed E-state index contributed by atoms with van der Waals surface area (Å²) in [5, 5.41) is 0.658. The number of aryl methyl sites for hydroxylation is 2. The molecule has 0 radical (unpaired) electrons. The van der Waals surface area contributed by atoms with Crippen LogP contribution >= 0.6 is 11.8 Å². The lowest BCUT2D eigenvalue weighted by Gasteiger charge is -2.18. The highest BCUT2D eigenvalue weighted by Gasteiger charge is 2.35. The summed E-state index contributed by atoms with van der Waals surface area (Å²) in [4.78, 5) is 20.7. The molecule has 0 atom stereocenters. The molecule has 0 bridgehead atoms. The van der Waals surface area contributed by atoms with Crippen molar-refractivity contribution < 1.29 is 9.53 Å². The van der Waals surface area contributed by atoms with Gasteiger partial charge in [0.1, 0.15) is 5.75 Å². The van der Waals surface area contributed by atoms with E-state index in [9.17, 15) is 4.79 Å². The number of benzene rings is 3. The number of hydrogen-bond acceptors (Lipinski definition) is 4. The van der Waals surface area contributed by atoms with E-state index in [4.69, 9.17) is 9.73 Å². The lowest BCUT2D eigenvalue weighted by atomic mass is 10.1. The molecule has 3 aromatic rings. The lowest BCUT2D eigenvalue weighted by molar-refractivity contribution is -0.113. The average molecular weight is 429 g/mol. The number of anilines is 1. The fourth-order valence-electron chi connectivity index (χ4n) is 3.35. The van der Waals surface area contributed by atoms with Crippen LogP contribution in [0.3, 0.4) is 0 Å². The van der Waals surface area contributed by atoms with Gasteiger partial charge in [0.25, 0.3) is 5.91 Å². The summed E-state index contributed by atoms with van der Waals surface area (Å²) in [6.07, 6.45) is 1.91. The first kappa shape index (κ1) is 20.9. The van der Waals surface area contributed by atoms with E-state index < -0.39 is 0 Å². The molecule has 156 valence electrons. The van der Waals surface area contributed by atoms with Gasteiger partial charge in [-0.2, -0.15) is 0 Å². The fourth-order valence-corrected chi connectivity index (χ4v) is 4.33. The van der Waals surface area contributed by atoms with Crippen LogP contribution < -0.4 is 9.64 Å². The number of aliphatic imine (C=N–C) groups is 1. The molecular weight excluding hydrogens is 404 g/mol. The molecule has 0 aromatic heterocycles. The van der Waals surface area contributed by atoms with E-state index in [1.807, 2.05) is 99.6 Å². The Morgan fingerprint density at radius 1 is 0.935 bits per heavy atom. The molecule has 1 amide bonds. The molecule has 1 fully saturated rings. The van der Waals surface area contributed by atoms with Gasteiger partial charge in [0.15, 0.2) is 5.17 Å². The number of ether oxygens (including phenoxy) is 1. The monoisotopic (exact) mass is 428 g/mol. The van der Waals surface area contributed by atoms with Crippen molar-refractivity contribution in [2.75, 3.05) is 11.5 Å². The van der Waals surface area contributed by atoms with Gasteiger partial charge in [-0.1, -0.05) is 48.5 Å². The van der Waals surface area contributed by atoms with Crippen molar-refractivity contribution in [2.24, 2.45) is 4.99 Å². The molecule has 1 saturated heterocycles. The molecule has 3 aromatic carbocycles. The highest BCUT2D eigenvalue weighted by Crippen LogP contribution is 2.38. The van der Waals surface area contributed by atoms with Gasteiger partial charge in [-0.3, -0.25) is 9.69 Å². The van der Waals surface area contributed by atoms with Gasteiger partial charge in [-0.05, 0) is 79.6 Å². The van der Waals surface area contributed by atoms with E-state index in [1.54, 1.807) is 4.90 Å². The first-order valence-electron chi connectivity index (χ1n) is 10.2. The molecule has 1 aliphatic rings. The average Bonchev–Trinajstić information content (AvgIpc) is 3.06. The van der Waals surface area contributed by atoms with Gasteiger partial charge >= 0.3 is 0 Å². The highest BCUT2D eigenvalue weighted by molar-refractivity contribution is 8.19. The summed E-state index contributed by atoms with van der Waals surface area (Å²) in [6.45, 7) is 6.61. The maximum Gasteiger partial charge on any atom is 0.271 e. The van der Waals surface area contributed by atoms with Crippen LogP contribution in [0.4, 0.5) is 11.4 Å². The van der Waals surface area contributed by atoms with Crippen molar-refractivity contribution in [3.05, 3.63) is 94.4 Å². The second kappa shape index (κ2) is 9.23. The van der Waals surface area contributed by atoms with Crippen molar-refractivity contribution in [3.8, 4) is 5.75 Å². The Morgan fingerprint density at radius 2 is 1.61 bits per heavy atom. The van der Waals surface area contributed by atoms with Crippen LogP contribution in [0.25, 0.3) is 6.08 Å². The summed E-state index contributed by atoms with van der Waals surface area (Å²) in [6, 6.07) is 23.6. The maximum atomic E-state index is 13.4. The number of amidine groups is 1. The second-order valence-electron chi connectivity index (χ2n) is 7.22. The Kier molecular flexibility index (Phi) is 6.23. The molecule has 1 heterocycles. The lowest BCUT2D eigenvalue weighted by Crippen LogP contribution is -2.29. The first-order chi connectivity index (χ1) is 15.1. The number of nitrogens with zero attached hydrogens (tertiary/aromatic N) is 2. The summed E-state index contributed by atoms with van der Waals surface area (Å²) >= 11 is 1.40. The van der Waals surface area contributed by atoms with E-state index in [-0.39, 0.29) is 5.91 Å². The van der Waals surface area contributed by atoms with Gasteiger partial charge < -0.3 is 4.74 Å². The minimum atomic E-state index is -0.0690. The first-order valence-corrected chi connectivity index (χ1v) is 11.1. The summed E-state index contributed by atoms with van der Waals surface area (Å²) in [5.74, 6) is 0.749. The molecule has 0 N–H and O–H groups in total. The quantitative estimate of drug-likeness (QED) is 0.435. The molecule has 1 aliphatic heterocycles. The van der Waals surface area contributed by atoms with Gasteiger partial charge in [-0.15, -0.1) is 0 Å². The molecule has 4 nitrogen and oxygen atoms in total. The maximum absolute atomic E-state index is 13.4. The molecule has 0 unspecified atom stereocenters. The van der Waals surface area contributed by atoms with Crippen LogP contribution in [0.2, 0.25) is 0 Å². The third-order valence-electron chi connectivity index (χ3n) is 4.98. The van der Waals surface area contributed by atoms with Gasteiger partial charge in [0.2, 0.25) is 0 Å². The number of rotatable bonds is 5. The van der Waals surface area contributed by atoms with E-state index in [2.05, 4.69) is 0 Å². The highest BCUT2D eigenvalue weighted by atomic mass is 32.2. The second-order valence-corrected chi connectivity index (χ2v) is 8.23. The Balaban J connectivity index is 1.75. The van der Waals surface area contributed by atoms with Crippen LogP contribution in [0.15, 0.2) is 82.7 Å². The van der Waals surface area contributed by atoms with Crippen LogP contribution in [0.1, 0.15) is 23.6 Å². The summed E-state index contributed by atoms with van der Waals surface area (Å²) < 4.78 is 5.51. The van der Waals surface area contributed by atoms with Crippen molar-refractivity contribution in [1.29, 1.82) is 0 Å². The van der Waals surface area contributed by atoms with E-state index in [0.717, 1.165) is 33.8 Å². The molecule has 0 saturated carbocycles. The number of amides is 1. The zero-order valence-electron chi connectivity index (χ0n) is 17.8. The Labute approximate surface area is 187 Å². The summed E-state index contributed by atoms with van der Waals surface area (Å²) in [5.41, 5.74) is 4.75. The number of hydrogen-bond donors (Lipinski definition) is 0. The molecule has 0 aliphatic carbocycles. The molecule has 4 rings (SSSR count). The topological polar surface area (TPSA) is 41.9 Å². The summed E-state index contributed by atoms with van der Waals surface area (Å²) in [7, 11) is 0. The van der Waals surface area contributed by atoms with Crippen molar-refractivity contribution in [3.63, 3.8) is 0 Å². The Morgan fingerprint density at radius 3 is 2.29 bits per heavy atom. The largest absolute Gasteiger partial charge is 0.494 e. The predicted molar refractivity (Wildman–Crippen MR) is 130 cm³/mol. The molecule has 31 heavy (non-hydrogen) atoms. The van der Waals surface area contributed by atoms with Gasteiger partial charge in [0.05, 0.1) is 22.9 Å². The zero-order valence-corrected chi connectivity index (χ0v) is 18.6. The van der Waals surface area contributed by atoms with Crippen LogP contribution in [0, 0.1) is 13.8 Å². The fraction of sp³-hybridized carbons (Fsp3) is 0.154. The Hall–Kier alpha value is -3.31. The number of carbonyl (C=O) groups excluding carboxylic acids is 1. The third kappa shape index (κ3) is 4.57. The van der Waals surface area contributed by atoms with E-state index in [0.29, 0.717) is 16.7 Å². The minimum Gasteiger partial charge on any atom is -0.494 e. The molecular formula is C26H24N2O2S. The minimum absolute atomic E-state index is 0.0690. The molecule has 0 spiro atoms. The van der Waals surface area contributed by atoms with Gasteiger partial charge in [-0.25, -0.2) is 4.99 Å². The standard InChI is InChI=1S/C26H24N2O2S/c1-4-30-21-15-13-20(14-16-21)17-24-25(29)28(23-12-8-6-10-19(23)3)26(31-24)27-22-11-7-5-9-18(22)2/h5-17H,4H2,1-3H3/b24-17-,27-26?. The number of para-hydroxylation sites is 2. The van der Waals surface area contributed by atoms with Gasteiger partial charge in [0, 0.05) is 0 Å². The SMILES string of the molecule is CCOc1ccc(/C=C2\SC(=Nc3ccccc3C)N(c3ccccc3C)C2=O)cc1. The smallest absolute Gasteiger partial charge is 0.271 e. The van der Waals surface area contributed by atoms with Crippen LogP contribution in [-0.4, -0.2) is 17.7 Å². The van der Waals surface area contributed by atoms with Crippen LogP contribution in [-0.2, 0) is 4.79 Å². The van der Waals surface area contributed by atoms with Crippen LogP contribution in [0.5, 0.6) is 5.75 Å². The van der Waals surface area contributed by atoms with E-state index >= 15 is 0 Å². The number of thioether (sulfide) groups is 1.